The van der Waals surface area contributed by atoms with Crippen LogP contribution in [0.3, 0.4) is 0 Å². The van der Waals surface area contributed by atoms with Crippen molar-refractivity contribution >= 4 is 7.60 Å². The molecular formula is C19H25O4P. The van der Waals surface area contributed by atoms with E-state index < -0.39 is 13.3 Å². The van der Waals surface area contributed by atoms with Crippen LogP contribution in [0.1, 0.15) is 43.5 Å². The molecule has 0 bridgehead atoms. The van der Waals surface area contributed by atoms with Crippen molar-refractivity contribution in [3.05, 3.63) is 65.7 Å². The molecule has 0 heterocycles. The topological polar surface area (TPSA) is 55.8 Å². The highest BCUT2D eigenvalue weighted by Gasteiger charge is 2.39. The van der Waals surface area contributed by atoms with Crippen molar-refractivity contribution in [2.75, 3.05) is 13.2 Å². The molecule has 4 nitrogen and oxygen atoms in total. The number of phenolic OH excluding ortho intramolecular Hbond substituents is 1. The summed E-state index contributed by atoms with van der Waals surface area (Å²) in [6, 6.07) is 16.3. The van der Waals surface area contributed by atoms with Crippen LogP contribution >= 0.6 is 7.60 Å². The lowest BCUT2D eigenvalue weighted by Gasteiger charge is -2.28. The maximum atomic E-state index is 13.6. The molecule has 0 fully saturated rings. The number of phenols is 1. The largest absolute Gasteiger partial charge is 0.508 e. The van der Waals surface area contributed by atoms with Gasteiger partial charge in [0.05, 0.1) is 13.2 Å². The van der Waals surface area contributed by atoms with Gasteiger partial charge in [-0.2, -0.15) is 0 Å². The minimum atomic E-state index is -3.49. The van der Waals surface area contributed by atoms with Crippen LogP contribution in [0.25, 0.3) is 0 Å². The minimum absolute atomic E-state index is 0.0896. The third-order valence-corrected chi connectivity index (χ3v) is 5.91. The molecule has 130 valence electrons. The fourth-order valence-corrected chi connectivity index (χ4v) is 4.85. The molecule has 1 N–H and O–H groups in total. The maximum Gasteiger partial charge on any atom is 0.342 e. The van der Waals surface area contributed by atoms with Gasteiger partial charge < -0.3 is 14.2 Å². The molecule has 0 spiro atoms. The predicted octanol–water partition coefficient (Wildman–Crippen LogP) is 5.53. The zero-order valence-electron chi connectivity index (χ0n) is 14.2. The summed E-state index contributed by atoms with van der Waals surface area (Å²) in [7, 11) is -3.49. The van der Waals surface area contributed by atoms with Gasteiger partial charge in [0.15, 0.2) is 0 Å². The molecule has 0 radical (unpaired) electrons. The third-order valence-electron chi connectivity index (χ3n) is 3.61. The van der Waals surface area contributed by atoms with Gasteiger partial charge >= 0.3 is 7.60 Å². The quantitative estimate of drug-likeness (QED) is 0.606. The lowest BCUT2D eigenvalue weighted by molar-refractivity contribution is 0.199. The molecule has 0 aliphatic carbocycles. The van der Waals surface area contributed by atoms with E-state index in [4.69, 9.17) is 9.05 Å². The highest BCUT2D eigenvalue weighted by Crippen LogP contribution is 2.64. The molecule has 1 unspecified atom stereocenters. The summed E-state index contributed by atoms with van der Waals surface area (Å²) in [6.45, 7) is 4.61. The molecule has 0 saturated carbocycles. The molecule has 2 aromatic rings. The van der Waals surface area contributed by atoms with Crippen molar-refractivity contribution in [1.82, 2.24) is 0 Å². The molecule has 2 rings (SSSR count). The Morgan fingerprint density at radius 3 is 2.00 bits per heavy atom. The number of aromatic hydroxyl groups is 1. The molecule has 0 aliphatic heterocycles. The van der Waals surface area contributed by atoms with Gasteiger partial charge in [-0.15, -0.1) is 0 Å². The van der Waals surface area contributed by atoms with E-state index in [0.29, 0.717) is 18.8 Å². The van der Waals surface area contributed by atoms with Gasteiger partial charge in [0, 0.05) is 5.56 Å². The van der Waals surface area contributed by atoms with Gasteiger partial charge in [-0.25, -0.2) is 0 Å². The molecule has 0 saturated heterocycles. The average molecular weight is 348 g/mol. The second-order valence-electron chi connectivity index (χ2n) is 5.58. The first-order valence-electron chi connectivity index (χ1n) is 8.34. The zero-order chi connectivity index (χ0) is 17.4. The summed E-state index contributed by atoms with van der Waals surface area (Å²) in [6.07, 6.45) is 1.48. The van der Waals surface area contributed by atoms with Crippen LogP contribution in [0.5, 0.6) is 5.75 Å². The van der Waals surface area contributed by atoms with Crippen molar-refractivity contribution in [1.29, 1.82) is 0 Å². The lowest BCUT2D eigenvalue weighted by atomic mass is 10.0. The van der Waals surface area contributed by atoms with Gasteiger partial charge in [0.2, 0.25) is 0 Å². The van der Waals surface area contributed by atoms with E-state index in [1.165, 1.54) is 0 Å². The Labute approximate surface area is 144 Å². The van der Waals surface area contributed by atoms with Gasteiger partial charge in [-0.3, -0.25) is 4.57 Å². The number of hydrogen-bond donors (Lipinski definition) is 1. The summed E-state index contributed by atoms with van der Waals surface area (Å²) in [4.78, 5) is 0. The minimum Gasteiger partial charge on any atom is -0.508 e. The van der Waals surface area contributed by atoms with Gasteiger partial charge in [0.1, 0.15) is 11.4 Å². The van der Waals surface area contributed by atoms with E-state index in [9.17, 15) is 9.67 Å². The van der Waals surface area contributed by atoms with E-state index in [2.05, 4.69) is 0 Å². The van der Waals surface area contributed by atoms with Crippen molar-refractivity contribution < 1.29 is 18.7 Å². The summed E-state index contributed by atoms with van der Waals surface area (Å²) in [5.41, 5.74) is 0.701. The van der Waals surface area contributed by atoms with E-state index in [1.807, 2.05) is 50.2 Å². The van der Waals surface area contributed by atoms with Crippen LogP contribution in [-0.4, -0.2) is 18.3 Å². The van der Waals surface area contributed by atoms with Crippen LogP contribution in [0.15, 0.2) is 54.6 Å². The first kappa shape index (κ1) is 18.7. The molecule has 5 heteroatoms. The number of benzene rings is 2. The molecule has 0 amide bonds. The van der Waals surface area contributed by atoms with E-state index >= 15 is 0 Å². The fraction of sp³-hybridized carbons (Fsp3) is 0.368. The Morgan fingerprint density at radius 2 is 1.46 bits per heavy atom. The van der Waals surface area contributed by atoms with Crippen molar-refractivity contribution in [2.45, 2.75) is 32.3 Å². The molecule has 0 aromatic heterocycles. The van der Waals surface area contributed by atoms with Crippen LogP contribution in [-0.2, 0) is 13.6 Å². The number of hydrogen-bond acceptors (Lipinski definition) is 4. The molecule has 2 aromatic carbocycles. The summed E-state index contributed by atoms with van der Waals surface area (Å²) in [5.74, 6) is 0.0896. The predicted molar refractivity (Wildman–Crippen MR) is 96.5 cm³/mol. The van der Waals surface area contributed by atoms with E-state index in [1.54, 1.807) is 18.2 Å². The molecular weight excluding hydrogens is 323 g/mol. The van der Waals surface area contributed by atoms with Gasteiger partial charge in [-0.05, 0) is 24.5 Å². The lowest BCUT2D eigenvalue weighted by Crippen LogP contribution is -2.09. The van der Waals surface area contributed by atoms with Crippen LogP contribution in [0.2, 0.25) is 0 Å². The Bertz CT molecular complexity index is 660. The Balaban J connectivity index is 2.54. The highest BCUT2D eigenvalue weighted by atomic mass is 31.2. The number of rotatable bonds is 9. The summed E-state index contributed by atoms with van der Waals surface area (Å²) >= 11 is 0. The first-order chi connectivity index (χ1) is 11.6. The molecule has 24 heavy (non-hydrogen) atoms. The number of para-hydroxylation sites is 1. The highest BCUT2D eigenvalue weighted by molar-refractivity contribution is 7.54. The summed E-state index contributed by atoms with van der Waals surface area (Å²) in [5, 5.41) is 10.3. The van der Waals surface area contributed by atoms with Crippen LogP contribution in [0, 0.1) is 0 Å². The smallest absolute Gasteiger partial charge is 0.342 e. The third kappa shape index (κ3) is 4.47. The monoisotopic (exact) mass is 348 g/mol. The van der Waals surface area contributed by atoms with Crippen LogP contribution < -0.4 is 0 Å². The standard InChI is InChI=1S/C19H25O4P/c1-3-14-22-24(21,23-15-4-2)19(16-10-6-5-7-11-16)17-12-8-9-13-18(17)20/h5-13,19-20H,3-4,14-15H2,1-2H3. The van der Waals surface area contributed by atoms with Crippen molar-refractivity contribution in [3.63, 3.8) is 0 Å². The van der Waals surface area contributed by atoms with Gasteiger partial charge in [0.25, 0.3) is 0 Å². The molecule has 1 atom stereocenters. The van der Waals surface area contributed by atoms with Gasteiger partial charge in [-0.1, -0.05) is 62.4 Å². The maximum absolute atomic E-state index is 13.6. The van der Waals surface area contributed by atoms with E-state index in [-0.39, 0.29) is 5.75 Å². The Hall–Kier alpha value is -1.61. The Kier molecular flexibility index (Phi) is 7.04. The molecule has 0 aliphatic rings. The Morgan fingerprint density at radius 1 is 0.917 bits per heavy atom. The second-order valence-corrected chi connectivity index (χ2v) is 7.69. The normalized spacial score (nSPS) is 12.9. The average Bonchev–Trinajstić information content (AvgIpc) is 2.61. The zero-order valence-corrected chi connectivity index (χ0v) is 15.1. The SMILES string of the molecule is CCCOP(=O)(OCCC)C(c1ccccc1)c1ccccc1O. The van der Waals surface area contributed by atoms with Crippen molar-refractivity contribution in [3.8, 4) is 5.75 Å². The fourth-order valence-electron chi connectivity index (χ4n) is 2.51. The van der Waals surface area contributed by atoms with Crippen LogP contribution in [0.4, 0.5) is 0 Å². The summed E-state index contributed by atoms with van der Waals surface area (Å²) < 4.78 is 25.1. The van der Waals surface area contributed by atoms with E-state index in [0.717, 1.165) is 18.4 Å². The van der Waals surface area contributed by atoms with Crippen molar-refractivity contribution in [2.24, 2.45) is 0 Å². The first-order valence-corrected chi connectivity index (χ1v) is 9.95. The second kappa shape index (κ2) is 9.03.